The van der Waals surface area contributed by atoms with Crippen LogP contribution < -0.4 is 24.4 Å². The van der Waals surface area contributed by atoms with Gasteiger partial charge < -0.3 is 14.2 Å². The fourth-order valence-electron chi connectivity index (χ4n) is 4.75. The van der Waals surface area contributed by atoms with Crippen molar-refractivity contribution >= 4 is 46.7 Å². The number of hydrogen-bond donors (Lipinski definition) is 0. The van der Waals surface area contributed by atoms with Crippen LogP contribution in [-0.4, -0.2) is 30.0 Å². The number of esters is 1. The first-order chi connectivity index (χ1) is 20.7. The molecular formula is C33H31ClN2O5S2. The van der Waals surface area contributed by atoms with Crippen molar-refractivity contribution in [3.05, 3.63) is 119 Å². The number of ether oxygens (including phenoxy) is 3. The van der Waals surface area contributed by atoms with Crippen LogP contribution >= 0.6 is 34.7 Å². The summed E-state index contributed by atoms with van der Waals surface area (Å²) in [5.41, 5.74) is 3.18. The minimum Gasteiger partial charge on any atom is -0.493 e. The van der Waals surface area contributed by atoms with Crippen LogP contribution in [0.25, 0.3) is 6.08 Å². The summed E-state index contributed by atoms with van der Waals surface area (Å²) in [6.45, 7) is 5.73. The quantitative estimate of drug-likeness (QED) is 0.162. The highest BCUT2D eigenvalue weighted by Crippen LogP contribution is 2.32. The van der Waals surface area contributed by atoms with E-state index >= 15 is 0 Å². The van der Waals surface area contributed by atoms with E-state index in [1.54, 1.807) is 50.3 Å². The zero-order chi connectivity index (χ0) is 30.7. The van der Waals surface area contributed by atoms with Crippen LogP contribution in [0, 0.1) is 0 Å². The smallest absolute Gasteiger partial charge is 0.338 e. The van der Waals surface area contributed by atoms with Crippen LogP contribution in [0.3, 0.4) is 0 Å². The first-order valence-corrected chi connectivity index (χ1v) is 16.0. The number of carbonyl (C=O) groups excluding carboxylic acids is 1. The second-order valence-corrected chi connectivity index (χ2v) is 12.5. The third-order valence-corrected chi connectivity index (χ3v) is 8.79. The Bertz CT molecular complexity index is 1860. The number of thiazole rings is 1. The summed E-state index contributed by atoms with van der Waals surface area (Å²) in [5.74, 6) is 0.633. The van der Waals surface area contributed by atoms with Crippen molar-refractivity contribution in [1.29, 1.82) is 0 Å². The lowest BCUT2D eigenvalue weighted by atomic mass is 9.96. The molecule has 222 valence electrons. The molecule has 0 spiro atoms. The number of fused-ring (bicyclic) bond motifs is 1. The number of allylic oxidation sites excluding steroid dienone is 1. The van der Waals surface area contributed by atoms with Gasteiger partial charge in [0, 0.05) is 9.92 Å². The van der Waals surface area contributed by atoms with Gasteiger partial charge in [0.25, 0.3) is 5.56 Å². The van der Waals surface area contributed by atoms with Crippen molar-refractivity contribution < 1.29 is 19.0 Å². The Balaban J connectivity index is 1.54. The Morgan fingerprint density at radius 2 is 1.81 bits per heavy atom. The van der Waals surface area contributed by atoms with Crippen molar-refractivity contribution in [1.82, 2.24) is 4.57 Å². The maximum atomic E-state index is 14.0. The second-order valence-electron chi connectivity index (χ2n) is 10.1. The van der Waals surface area contributed by atoms with Gasteiger partial charge in [0.2, 0.25) is 0 Å². The molecule has 4 aromatic rings. The average molecular weight is 635 g/mol. The molecule has 0 saturated carbocycles. The number of halogens is 1. The van der Waals surface area contributed by atoms with Gasteiger partial charge in [-0.2, -0.15) is 0 Å². The molecule has 1 aromatic heterocycles. The molecule has 43 heavy (non-hydrogen) atoms. The highest BCUT2D eigenvalue weighted by molar-refractivity contribution is 7.98. The average Bonchev–Trinajstić information content (AvgIpc) is 3.29. The lowest BCUT2D eigenvalue weighted by Gasteiger charge is -2.25. The van der Waals surface area contributed by atoms with Crippen molar-refractivity contribution in [2.45, 2.75) is 44.4 Å². The summed E-state index contributed by atoms with van der Waals surface area (Å²) < 4.78 is 19.3. The standard InChI is InChI=1S/C33H31ClN2O5S2/c1-19(2)41-32(38)29-20(3)35-33-36(30(29)23-9-13-25(42-5)14-10-23)31(37)28(43-33)17-22-8-15-26(27(16-22)39-4)40-18-21-6-11-24(34)12-7-21/h6-17,19,30H,18H2,1-5H3/b28-17-/t30-/m1/s1. The molecule has 7 nitrogen and oxygen atoms in total. The first kappa shape index (κ1) is 30.7. The number of methoxy groups -OCH3 is 1. The summed E-state index contributed by atoms with van der Waals surface area (Å²) in [7, 11) is 1.57. The van der Waals surface area contributed by atoms with Crippen LogP contribution in [0.2, 0.25) is 5.02 Å². The van der Waals surface area contributed by atoms with E-state index in [0.717, 1.165) is 21.6 Å². The Morgan fingerprint density at radius 3 is 2.47 bits per heavy atom. The third-order valence-electron chi connectivity index (χ3n) is 6.81. The van der Waals surface area contributed by atoms with Crippen LogP contribution in [0.15, 0.2) is 92.7 Å². The van der Waals surface area contributed by atoms with Crippen molar-refractivity contribution in [2.24, 2.45) is 4.99 Å². The topological polar surface area (TPSA) is 79.1 Å². The van der Waals surface area contributed by atoms with Crippen molar-refractivity contribution in [2.75, 3.05) is 13.4 Å². The Morgan fingerprint density at radius 1 is 1.09 bits per heavy atom. The second kappa shape index (κ2) is 13.2. The molecular weight excluding hydrogens is 604 g/mol. The van der Waals surface area contributed by atoms with Gasteiger partial charge in [-0.15, -0.1) is 11.8 Å². The van der Waals surface area contributed by atoms with E-state index in [9.17, 15) is 9.59 Å². The van der Waals surface area contributed by atoms with Gasteiger partial charge in [-0.3, -0.25) is 9.36 Å². The molecule has 0 saturated heterocycles. The predicted molar refractivity (Wildman–Crippen MR) is 172 cm³/mol. The van der Waals surface area contributed by atoms with Gasteiger partial charge in [-0.1, -0.05) is 53.3 Å². The molecule has 1 aliphatic rings. The van der Waals surface area contributed by atoms with Crippen LogP contribution in [-0.2, 0) is 16.1 Å². The molecule has 0 unspecified atom stereocenters. The van der Waals surface area contributed by atoms with E-state index in [1.165, 1.54) is 11.3 Å². The molecule has 0 fully saturated rings. The van der Waals surface area contributed by atoms with E-state index in [0.29, 0.717) is 43.7 Å². The summed E-state index contributed by atoms with van der Waals surface area (Å²) in [4.78, 5) is 33.6. The van der Waals surface area contributed by atoms with Gasteiger partial charge >= 0.3 is 5.97 Å². The van der Waals surface area contributed by atoms with E-state index in [2.05, 4.69) is 4.99 Å². The van der Waals surface area contributed by atoms with Crippen LogP contribution in [0.1, 0.15) is 43.5 Å². The number of nitrogens with zero attached hydrogens (tertiary/aromatic N) is 2. The van der Waals surface area contributed by atoms with Crippen LogP contribution in [0.4, 0.5) is 0 Å². The molecule has 3 aromatic carbocycles. The van der Waals surface area contributed by atoms with Crippen LogP contribution in [0.5, 0.6) is 11.5 Å². The van der Waals surface area contributed by atoms with Gasteiger partial charge in [-0.25, -0.2) is 9.79 Å². The Kier molecular flexibility index (Phi) is 9.44. The summed E-state index contributed by atoms with van der Waals surface area (Å²) >= 11 is 8.88. The van der Waals surface area contributed by atoms with Gasteiger partial charge in [-0.05, 0) is 86.2 Å². The normalized spacial score (nSPS) is 14.9. The number of rotatable bonds is 9. The SMILES string of the molecule is COc1cc(/C=c2\sc3n(c2=O)[C@H](c2ccc(SC)cc2)C(C(=O)OC(C)C)=C(C)N=3)ccc1OCc1ccc(Cl)cc1. The predicted octanol–water partition coefficient (Wildman–Crippen LogP) is 6.15. The molecule has 2 heterocycles. The first-order valence-electron chi connectivity index (χ1n) is 13.6. The fourth-order valence-corrected chi connectivity index (χ4v) is 6.33. The maximum Gasteiger partial charge on any atom is 0.338 e. The minimum atomic E-state index is -0.668. The minimum absolute atomic E-state index is 0.243. The number of benzene rings is 3. The molecule has 1 atom stereocenters. The molecule has 0 bridgehead atoms. The maximum absolute atomic E-state index is 14.0. The summed E-state index contributed by atoms with van der Waals surface area (Å²) in [6, 6.07) is 20.2. The van der Waals surface area contributed by atoms with E-state index in [1.807, 2.05) is 73.0 Å². The Labute approximate surface area is 263 Å². The third kappa shape index (κ3) is 6.74. The highest BCUT2D eigenvalue weighted by atomic mass is 35.5. The molecule has 0 aliphatic carbocycles. The number of carbonyl (C=O) groups is 1. The molecule has 0 N–H and O–H groups in total. The van der Waals surface area contributed by atoms with E-state index in [4.69, 9.17) is 25.8 Å². The lowest BCUT2D eigenvalue weighted by molar-refractivity contribution is -0.143. The summed E-state index contributed by atoms with van der Waals surface area (Å²) in [5, 5.41) is 0.664. The molecule has 10 heteroatoms. The number of thioether (sulfide) groups is 1. The molecule has 0 radical (unpaired) electrons. The lowest BCUT2D eigenvalue weighted by Crippen LogP contribution is -2.40. The van der Waals surface area contributed by atoms with E-state index in [-0.39, 0.29) is 11.7 Å². The number of hydrogen-bond acceptors (Lipinski definition) is 8. The monoisotopic (exact) mass is 634 g/mol. The molecule has 1 aliphatic heterocycles. The van der Waals surface area contributed by atoms with Crippen molar-refractivity contribution in [3.63, 3.8) is 0 Å². The van der Waals surface area contributed by atoms with Crippen molar-refractivity contribution in [3.8, 4) is 11.5 Å². The van der Waals surface area contributed by atoms with E-state index < -0.39 is 12.0 Å². The van der Waals surface area contributed by atoms with Gasteiger partial charge in [0.1, 0.15) is 6.61 Å². The van der Waals surface area contributed by atoms with Gasteiger partial charge in [0.15, 0.2) is 16.3 Å². The number of aromatic nitrogens is 1. The fraction of sp³-hybridized carbons (Fsp3) is 0.242. The molecule has 5 rings (SSSR count). The Hall–Kier alpha value is -3.79. The van der Waals surface area contributed by atoms with Gasteiger partial charge in [0.05, 0.1) is 35.1 Å². The zero-order valence-corrected chi connectivity index (χ0v) is 26.8. The summed E-state index contributed by atoms with van der Waals surface area (Å²) in [6.07, 6.45) is 3.49. The highest BCUT2D eigenvalue weighted by Gasteiger charge is 2.33. The zero-order valence-electron chi connectivity index (χ0n) is 24.4. The molecule has 0 amide bonds. The largest absolute Gasteiger partial charge is 0.493 e.